The van der Waals surface area contributed by atoms with Crippen LogP contribution >= 0.6 is 11.6 Å². The summed E-state index contributed by atoms with van der Waals surface area (Å²) in [7, 11) is -4.04. The van der Waals surface area contributed by atoms with Gasteiger partial charge in [-0.05, 0) is 65.6 Å². The molecule has 0 unspecified atom stereocenters. The third-order valence-corrected chi connectivity index (χ3v) is 8.75. The van der Waals surface area contributed by atoms with Gasteiger partial charge >= 0.3 is 10.1 Å². The maximum atomic E-state index is 13.4. The van der Waals surface area contributed by atoms with E-state index in [9.17, 15) is 18.0 Å². The monoisotopic (exact) mass is 539 g/mol. The first-order valence-corrected chi connectivity index (χ1v) is 14.1. The molecule has 0 fully saturated rings. The minimum atomic E-state index is -4.04. The number of Topliss-reactive ketones (excluding diaryl/α,β-unsaturated/α-hetero) is 2. The Morgan fingerprint density at radius 1 is 0.784 bits per heavy atom. The zero-order valence-electron chi connectivity index (χ0n) is 21.4. The quantitative estimate of drug-likeness (QED) is 0.473. The summed E-state index contributed by atoms with van der Waals surface area (Å²) in [5, 5.41) is 3.92. The van der Waals surface area contributed by atoms with Gasteiger partial charge in [-0.25, -0.2) is 0 Å². The molecule has 0 atom stereocenters. The number of benzene rings is 2. The SMILES string of the molecule is CC1(C)CC(=O)C2=C(C1)NC1=C(C(=O)CC(C)(C)C1)C2c1ccc(OS(=O)(=O)c2ccc(Cl)cc2)cc1. The van der Waals surface area contributed by atoms with Gasteiger partial charge in [-0.1, -0.05) is 51.4 Å². The number of carbonyl (C=O) groups is 2. The molecule has 0 bridgehead atoms. The highest BCUT2D eigenvalue weighted by molar-refractivity contribution is 7.87. The number of hydrogen-bond donors (Lipinski definition) is 1. The Morgan fingerprint density at radius 3 is 1.76 bits per heavy atom. The first-order chi connectivity index (χ1) is 17.2. The zero-order chi connectivity index (χ0) is 26.8. The molecule has 0 aromatic heterocycles. The van der Waals surface area contributed by atoms with E-state index in [1.807, 2.05) is 0 Å². The van der Waals surface area contributed by atoms with Crippen molar-refractivity contribution < 1.29 is 22.2 Å². The Balaban J connectivity index is 1.53. The van der Waals surface area contributed by atoms with Gasteiger partial charge in [-0.15, -0.1) is 0 Å². The highest BCUT2D eigenvalue weighted by atomic mass is 35.5. The average molecular weight is 540 g/mol. The third-order valence-electron chi connectivity index (χ3n) is 7.24. The number of rotatable bonds is 4. The fourth-order valence-electron chi connectivity index (χ4n) is 5.71. The standard InChI is InChI=1S/C29H30ClNO5S/c1-28(2)13-21-26(23(32)15-28)25(27-22(31-21)14-29(3,4)16-24(27)33)17-5-9-19(10-6-17)36-37(34,35)20-11-7-18(30)8-12-20/h5-12,25,31H,13-16H2,1-4H3. The first kappa shape index (κ1) is 25.7. The van der Waals surface area contributed by atoms with E-state index in [1.54, 1.807) is 24.3 Å². The lowest BCUT2D eigenvalue weighted by Crippen LogP contribution is -2.42. The number of carbonyl (C=O) groups excluding carboxylic acids is 2. The molecule has 2 aromatic rings. The van der Waals surface area contributed by atoms with E-state index in [1.165, 1.54) is 24.3 Å². The van der Waals surface area contributed by atoms with E-state index in [2.05, 4.69) is 33.0 Å². The van der Waals surface area contributed by atoms with Crippen LogP contribution in [0.15, 0.2) is 76.0 Å². The van der Waals surface area contributed by atoms with Crippen LogP contribution in [0.3, 0.4) is 0 Å². The lowest BCUT2D eigenvalue weighted by atomic mass is 9.64. The van der Waals surface area contributed by atoms with Gasteiger partial charge < -0.3 is 9.50 Å². The van der Waals surface area contributed by atoms with E-state index in [4.69, 9.17) is 15.8 Å². The van der Waals surface area contributed by atoms with Crippen LogP contribution in [0.4, 0.5) is 0 Å². The summed E-state index contributed by atoms with van der Waals surface area (Å²) in [6, 6.07) is 12.4. The fraction of sp³-hybridized carbons (Fsp3) is 0.379. The van der Waals surface area contributed by atoms with Crippen LogP contribution in [0.25, 0.3) is 0 Å². The van der Waals surface area contributed by atoms with Crippen LogP contribution in [0.1, 0.15) is 64.9 Å². The molecule has 3 aliphatic rings. The minimum absolute atomic E-state index is 0.00485. The average Bonchev–Trinajstić information content (AvgIpc) is 2.76. The molecule has 1 aliphatic heterocycles. The van der Waals surface area contributed by atoms with Gasteiger partial charge in [0, 0.05) is 46.3 Å². The molecular formula is C29H30ClNO5S. The van der Waals surface area contributed by atoms with E-state index in [-0.39, 0.29) is 33.0 Å². The van der Waals surface area contributed by atoms with E-state index in [0.29, 0.717) is 29.0 Å². The molecule has 6 nitrogen and oxygen atoms in total. The third kappa shape index (κ3) is 4.99. The molecule has 2 aliphatic carbocycles. The van der Waals surface area contributed by atoms with Gasteiger partial charge in [0.05, 0.1) is 0 Å². The van der Waals surface area contributed by atoms with E-state index >= 15 is 0 Å². The summed E-state index contributed by atoms with van der Waals surface area (Å²) < 4.78 is 30.7. The maximum absolute atomic E-state index is 13.4. The summed E-state index contributed by atoms with van der Waals surface area (Å²) in [6.07, 6.45) is 2.26. The zero-order valence-corrected chi connectivity index (χ0v) is 22.9. The molecule has 37 heavy (non-hydrogen) atoms. The van der Waals surface area contributed by atoms with Gasteiger partial charge in [0.1, 0.15) is 10.6 Å². The molecule has 0 saturated carbocycles. The second kappa shape index (κ2) is 8.84. The minimum Gasteiger partial charge on any atom is -0.379 e. The van der Waals surface area contributed by atoms with Crippen LogP contribution in [-0.2, 0) is 19.7 Å². The lowest BCUT2D eigenvalue weighted by Gasteiger charge is -2.44. The number of ketones is 2. The summed E-state index contributed by atoms with van der Waals surface area (Å²) in [5.74, 6) is -0.263. The van der Waals surface area contributed by atoms with Crippen molar-refractivity contribution in [1.29, 1.82) is 0 Å². The molecule has 0 spiro atoms. The van der Waals surface area contributed by atoms with Crippen LogP contribution in [0.5, 0.6) is 5.75 Å². The van der Waals surface area contributed by atoms with Crippen molar-refractivity contribution in [1.82, 2.24) is 5.32 Å². The Bertz CT molecular complexity index is 1410. The molecule has 0 radical (unpaired) electrons. The van der Waals surface area contributed by atoms with E-state index < -0.39 is 16.0 Å². The lowest BCUT2D eigenvalue weighted by molar-refractivity contribution is -0.119. The van der Waals surface area contributed by atoms with E-state index in [0.717, 1.165) is 29.8 Å². The maximum Gasteiger partial charge on any atom is 0.339 e. The summed E-state index contributed by atoms with van der Waals surface area (Å²) >= 11 is 5.87. The second-order valence-corrected chi connectivity index (χ2v) is 13.8. The Morgan fingerprint density at radius 2 is 1.27 bits per heavy atom. The van der Waals surface area contributed by atoms with Crippen molar-refractivity contribution in [2.24, 2.45) is 10.8 Å². The number of nitrogens with one attached hydrogen (secondary N) is 1. The van der Waals surface area contributed by atoms with Crippen LogP contribution in [-0.4, -0.2) is 20.0 Å². The second-order valence-electron chi connectivity index (χ2n) is 11.8. The van der Waals surface area contributed by atoms with Crippen LogP contribution in [0, 0.1) is 10.8 Å². The van der Waals surface area contributed by atoms with Crippen molar-refractivity contribution in [3.05, 3.63) is 81.7 Å². The van der Waals surface area contributed by atoms with Gasteiger partial charge in [-0.2, -0.15) is 8.42 Å². The molecular weight excluding hydrogens is 510 g/mol. The molecule has 2 aromatic carbocycles. The van der Waals surface area contributed by atoms with Crippen molar-refractivity contribution >= 4 is 33.3 Å². The van der Waals surface area contributed by atoms with Gasteiger partial charge in [0.15, 0.2) is 11.6 Å². The molecule has 1 heterocycles. The topological polar surface area (TPSA) is 89.5 Å². The van der Waals surface area contributed by atoms with Crippen LogP contribution < -0.4 is 9.50 Å². The highest BCUT2D eigenvalue weighted by Crippen LogP contribution is 2.51. The number of halogens is 1. The summed E-state index contributed by atoms with van der Waals surface area (Å²) in [4.78, 5) is 26.8. The Hall–Kier alpha value is -2.90. The Labute approximate surface area is 222 Å². The fourth-order valence-corrected chi connectivity index (χ4v) is 6.77. The highest BCUT2D eigenvalue weighted by Gasteiger charge is 2.46. The van der Waals surface area contributed by atoms with Gasteiger partial charge in [0.25, 0.3) is 0 Å². The predicted molar refractivity (Wildman–Crippen MR) is 142 cm³/mol. The molecule has 194 valence electrons. The normalized spacial score (nSPS) is 21.3. The van der Waals surface area contributed by atoms with Crippen molar-refractivity contribution in [2.45, 2.75) is 64.2 Å². The van der Waals surface area contributed by atoms with Crippen molar-refractivity contribution in [3.63, 3.8) is 0 Å². The van der Waals surface area contributed by atoms with Crippen molar-refractivity contribution in [3.8, 4) is 5.75 Å². The molecule has 0 saturated heterocycles. The predicted octanol–water partition coefficient (Wildman–Crippen LogP) is 6.08. The molecule has 8 heteroatoms. The number of hydrogen-bond acceptors (Lipinski definition) is 6. The van der Waals surface area contributed by atoms with Crippen LogP contribution in [0.2, 0.25) is 5.02 Å². The number of dihydropyridines is 1. The van der Waals surface area contributed by atoms with Gasteiger partial charge in [0.2, 0.25) is 0 Å². The molecule has 1 N–H and O–H groups in total. The smallest absolute Gasteiger partial charge is 0.339 e. The molecule has 0 amide bonds. The number of allylic oxidation sites excluding steroid dienone is 4. The summed E-state index contributed by atoms with van der Waals surface area (Å²) in [5.41, 5.74) is 3.49. The largest absolute Gasteiger partial charge is 0.379 e. The Kier molecular flexibility index (Phi) is 6.15. The first-order valence-electron chi connectivity index (χ1n) is 12.3. The van der Waals surface area contributed by atoms with Gasteiger partial charge in [-0.3, -0.25) is 9.59 Å². The van der Waals surface area contributed by atoms with Crippen molar-refractivity contribution in [2.75, 3.05) is 0 Å². The summed E-state index contributed by atoms with van der Waals surface area (Å²) in [6.45, 7) is 8.33. The molecule has 5 rings (SSSR count).